The topological polar surface area (TPSA) is 65.4 Å². The summed E-state index contributed by atoms with van der Waals surface area (Å²) in [5.41, 5.74) is 5.04. The molecule has 4 rings (SSSR count). The van der Waals surface area contributed by atoms with Gasteiger partial charge < -0.3 is 19.4 Å². The Morgan fingerprint density at radius 2 is 1.65 bits per heavy atom. The van der Waals surface area contributed by atoms with E-state index in [4.69, 9.17) is 14.5 Å². The van der Waals surface area contributed by atoms with Crippen LogP contribution in [0.15, 0.2) is 66.7 Å². The van der Waals surface area contributed by atoms with E-state index >= 15 is 0 Å². The second kappa shape index (κ2) is 9.59. The fraction of sp³-hybridized carbons (Fsp3) is 0.286. The molecular weight excluding hydrogens is 426 g/mol. The largest absolute Gasteiger partial charge is 0.493 e. The molecule has 1 N–H and O–H groups in total. The average molecular weight is 458 g/mol. The van der Waals surface area contributed by atoms with Crippen LogP contribution >= 0.6 is 0 Å². The van der Waals surface area contributed by atoms with Crippen molar-refractivity contribution in [1.29, 1.82) is 0 Å². The van der Waals surface area contributed by atoms with Gasteiger partial charge in [0.2, 0.25) is 0 Å². The molecule has 3 aromatic carbocycles. The summed E-state index contributed by atoms with van der Waals surface area (Å²) in [6.45, 7) is 7.62. The van der Waals surface area contributed by atoms with Gasteiger partial charge in [0.1, 0.15) is 5.82 Å². The SMILES string of the molecule is COc1ccc(C(=O)NCc2nc3ccccc3n2Cc2ccc(C(C)(C)C)cc2)cc1OC. The first kappa shape index (κ1) is 23.4. The van der Waals surface area contributed by atoms with E-state index < -0.39 is 0 Å². The van der Waals surface area contributed by atoms with Crippen molar-refractivity contribution in [3.05, 3.63) is 89.2 Å². The third-order valence-corrected chi connectivity index (χ3v) is 5.95. The van der Waals surface area contributed by atoms with Crippen molar-refractivity contribution in [2.45, 2.75) is 39.3 Å². The van der Waals surface area contributed by atoms with Crippen LogP contribution in [-0.2, 0) is 18.5 Å². The molecule has 0 bridgehead atoms. The molecule has 0 saturated heterocycles. The standard InChI is InChI=1S/C28H31N3O3/c1-28(2,3)21-13-10-19(11-14-21)18-31-23-9-7-6-8-22(23)30-26(31)17-29-27(32)20-12-15-24(33-4)25(16-20)34-5/h6-16H,17-18H2,1-5H3,(H,29,32). The van der Waals surface area contributed by atoms with Gasteiger partial charge in [-0.05, 0) is 46.9 Å². The van der Waals surface area contributed by atoms with Gasteiger partial charge in [-0.25, -0.2) is 4.98 Å². The summed E-state index contributed by atoms with van der Waals surface area (Å²) in [7, 11) is 3.12. The van der Waals surface area contributed by atoms with Crippen LogP contribution in [0.5, 0.6) is 11.5 Å². The Bertz CT molecular complexity index is 1300. The van der Waals surface area contributed by atoms with Gasteiger partial charge in [0.15, 0.2) is 11.5 Å². The van der Waals surface area contributed by atoms with E-state index in [1.54, 1.807) is 32.4 Å². The highest BCUT2D eigenvalue weighted by atomic mass is 16.5. The van der Waals surface area contributed by atoms with Gasteiger partial charge in [0, 0.05) is 12.1 Å². The van der Waals surface area contributed by atoms with E-state index in [0.29, 0.717) is 30.2 Å². The quantitative estimate of drug-likeness (QED) is 0.407. The Labute approximate surface area is 200 Å². The number of nitrogens with one attached hydrogen (secondary N) is 1. The van der Waals surface area contributed by atoms with Gasteiger partial charge >= 0.3 is 0 Å². The number of nitrogens with zero attached hydrogens (tertiary/aromatic N) is 2. The normalized spacial score (nSPS) is 11.4. The lowest BCUT2D eigenvalue weighted by Gasteiger charge is -2.19. The van der Waals surface area contributed by atoms with Crippen LogP contribution in [0.2, 0.25) is 0 Å². The molecule has 176 valence electrons. The predicted molar refractivity (Wildman–Crippen MR) is 135 cm³/mol. The first-order valence-corrected chi connectivity index (χ1v) is 11.3. The smallest absolute Gasteiger partial charge is 0.251 e. The Morgan fingerprint density at radius 1 is 0.941 bits per heavy atom. The van der Waals surface area contributed by atoms with E-state index in [-0.39, 0.29) is 11.3 Å². The van der Waals surface area contributed by atoms with Gasteiger partial charge in [-0.2, -0.15) is 0 Å². The first-order chi connectivity index (χ1) is 16.3. The number of rotatable bonds is 7. The highest BCUT2D eigenvalue weighted by Crippen LogP contribution is 2.28. The van der Waals surface area contributed by atoms with Crippen molar-refractivity contribution in [3.63, 3.8) is 0 Å². The zero-order valence-electron chi connectivity index (χ0n) is 20.4. The van der Waals surface area contributed by atoms with E-state index in [1.807, 2.05) is 18.2 Å². The molecule has 6 heteroatoms. The van der Waals surface area contributed by atoms with Crippen molar-refractivity contribution in [3.8, 4) is 11.5 Å². The highest BCUT2D eigenvalue weighted by Gasteiger charge is 2.16. The molecule has 0 aliphatic rings. The Balaban J connectivity index is 1.57. The molecule has 0 fully saturated rings. The number of imidazole rings is 1. The third-order valence-electron chi connectivity index (χ3n) is 5.95. The Morgan fingerprint density at radius 3 is 2.32 bits per heavy atom. The van der Waals surface area contributed by atoms with Crippen molar-refractivity contribution in [2.24, 2.45) is 0 Å². The minimum atomic E-state index is -0.200. The van der Waals surface area contributed by atoms with Gasteiger partial charge in [-0.3, -0.25) is 4.79 Å². The second-order valence-corrected chi connectivity index (χ2v) is 9.30. The summed E-state index contributed by atoms with van der Waals surface area (Å²) >= 11 is 0. The first-order valence-electron chi connectivity index (χ1n) is 11.3. The van der Waals surface area contributed by atoms with Crippen LogP contribution in [0.4, 0.5) is 0 Å². The zero-order valence-corrected chi connectivity index (χ0v) is 20.4. The Kier molecular flexibility index (Phi) is 6.59. The minimum Gasteiger partial charge on any atom is -0.493 e. The lowest BCUT2D eigenvalue weighted by atomic mass is 9.87. The van der Waals surface area contributed by atoms with E-state index in [2.05, 4.69) is 61.0 Å². The van der Waals surface area contributed by atoms with E-state index in [1.165, 1.54) is 11.1 Å². The van der Waals surface area contributed by atoms with Gasteiger partial charge in [-0.15, -0.1) is 0 Å². The molecule has 1 heterocycles. The van der Waals surface area contributed by atoms with Crippen LogP contribution in [-0.4, -0.2) is 29.7 Å². The maximum Gasteiger partial charge on any atom is 0.251 e. The molecular formula is C28H31N3O3. The zero-order chi connectivity index (χ0) is 24.3. The second-order valence-electron chi connectivity index (χ2n) is 9.30. The number of carbonyl (C=O) groups excluding carboxylic acids is 1. The van der Waals surface area contributed by atoms with Crippen LogP contribution in [0.1, 0.15) is 48.1 Å². The molecule has 0 saturated carbocycles. The molecule has 0 radical (unpaired) electrons. The molecule has 34 heavy (non-hydrogen) atoms. The number of methoxy groups -OCH3 is 2. The van der Waals surface area contributed by atoms with E-state index in [0.717, 1.165) is 16.9 Å². The number of ether oxygens (including phenoxy) is 2. The highest BCUT2D eigenvalue weighted by molar-refractivity contribution is 5.94. The molecule has 1 amide bonds. The number of para-hydroxylation sites is 2. The maximum atomic E-state index is 12.9. The minimum absolute atomic E-state index is 0.111. The molecule has 4 aromatic rings. The summed E-state index contributed by atoms with van der Waals surface area (Å²) < 4.78 is 12.7. The van der Waals surface area contributed by atoms with Crippen molar-refractivity contribution < 1.29 is 14.3 Å². The van der Waals surface area contributed by atoms with Crippen LogP contribution < -0.4 is 14.8 Å². The van der Waals surface area contributed by atoms with Crippen LogP contribution in [0, 0.1) is 0 Å². The number of hydrogen-bond donors (Lipinski definition) is 1. The van der Waals surface area contributed by atoms with Crippen molar-refractivity contribution in [2.75, 3.05) is 14.2 Å². The number of fused-ring (bicyclic) bond motifs is 1. The molecule has 1 aromatic heterocycles. The molecule has 0 aliphatic carbocycles. The van der Waals surface area contributed by atoms with Crippen LogP contribution in [0.3, 0.4) is 0 Å². The van der Waals surface area contributed by atoms with Crippen molar-refractivity contribution >= 4 is 16.9 Å². The van der Waals surface area contributed by atoms with E-state index in [9.17, 15) is 4.79 Å². The summed E-state index contributed by atoms with van der Waals surface area (Å²) in [6.07, 6.45) is 0. The summed E-state index contributed by atoms with van der Waals surface area (Å²) in [5.74, 6) is 1.70. The lowest BCUT2D eigenvalue weighted by molar-refractivity contribution is 0.0949. The molecule has 0 spiro atoms. The number of amides is 1. The number of carbonyl (C=O) groups is 1. The van der Waals surface area contributed by atoms with Crippen LogP contribution in [0.25, 0.3) is 11.0 Å². The maximum absolute atomic E-state index is 12.9. The Hall–Kier alpha value is -3.80. The summed E-state index contributed by atoms with van der Waals surface area (Å²) in [4.78, 5) is 17.7. The van der Waals surface area contributed by atoms with Gasteiger partial charge in [0.25, 0.3) is 5.91 Å². The van der Waals surface area contributed by atoms with Crippen molar-refractivity contribution in [1.82, 2.24) is 14.9 Å². The monoisotopic (exact) mass is 457 g/mol. The average Bonchev–Trinajstić information content (AvgIpc) is 3.19. The summed E-state index contributed by atoms with van der Waals surface area (Å²) in [6, 6.07) is 21.9. The number of hydrogen-bond acceptors (Lipinski definition) is 4. The fourth-order valence-electron chi connectivity index (χ4n) is 3.97. The lowest BCUT2D eigenvalue weighted by Crippen LogP contribution is -2.25. The third kappa shape index (κ3) is 4.91. The number of aromatic nitrogens is 2. The predicted octanol–water partition coefficient (Wildman–Crippen LogP) is 5.33. The van der Waals surface area contributed by atoms with Gasteiger partial charge in [0.05, 0.1) is 31.8 Å². The molecule has 6 nitrogen and oxygen atoms in total. The molecule has 0 aliphatic heterocycles. The van der Waals surface area contributed by atoms with Gasteiger partial charge in [-0.1, -0.05) is 57.2 Å². The fourth-order valence-corrected chi connectivity index (χ4v) is 3.97. The summed E-state index contributed by atoms with van der Waals surface area (Å²) in [5, 5.41) is 3.00. The molecule has 0 unspecified atom stereocenters. The number of benzene rings is 3. The molecule has 0 atom stereocenters.